The number of aromatic nitrogens is 4. The van der Waals surface area contributed by atoms with Crippen LogP contribution < -0.4 is 4.90 Å². The second kappa shape index (κ2) is 9.23. The van der Waals surface area contributed by atoms with E-state index in [1.165, 1.54) is 11.1 Å². The van der Waals surface area contributed by atoms with Crippen molar-refractivity contribution in [1.82, 2.24) is 24.4 Å². The molecule has 7 nitrogen and oxygen atoms in total. The number of aryl methyl sites for hydroxylation is 2. The van der Waals surface area contributed by atoms with E-state index < -0.39 is 0 Å². The first kappa shape index (κ1) is 21.5. The molecule has 0 N–H and O–H groups in total. The van der Waals surface area contributed by atoms with E-state index in [0.29, 0.717) is 18.7 Å². The van der Waals surface area contributed by atoms with Crippen LogP contribution in [0.25, 0.3) is 11.0 Å². The molecule has 0 radical (unpaired) electrons. The summed E-state index contributed by atoms with van der Waals surface area (Å²) in [6.07, 6.45) is 3.49. The number of amides is 1. The summed E-state index contributed by atoms with van der Waals surface area (Å²) in [6, 6.07) is 16.2. The van der Waals surface area contributed by atoms with Gasteiger partial charge in [-0.3, -0.25) is 4.79 Å². The van der Waals surface area contributed by atoms with Crippen LogP contribution in [0.1, 0.15) is 21.5 Å². The summed E-state index contributed by atoms with van der Waals surface area (Å²) in [5, 5.41) is 0.951. The Morgan fingerprint density at radius 1 is 1.00 bits per heavy atom. The predicted octanol–water partition coefficient (Wildman–Crippen LogP) is 3.93. The van der Waals surface area contributed by atoms with Crippen LogP contribution >= 0.6 is 11.8 Å². The highest BCUT2D eigenvalue weighted by molar-refractivity contribution is 7.98. The molecular weight excluding hydrogens is 432 g/mol. The summed E-state index contributed by atoms with van der Waals surface area (Å²) in [7, 11) is 2.01. The van der Waals surface area contributed by atoms with E-state index in [4.69, 9.17) is 4.98 Å². The van der Waals surface area contributed by atoms with Gasteiger partial charge in [0.05, 0.1) is 11.0 Å². The van der Waals surface area contributed by atoms with Crippen molar-refractivity contribution in [1.29, 1.82) is 0 Å². The van der Waals surface area contributed by atoms with Gasteiger partial charge in [-0.05, 0) is 36.8 Å². The van der Waals surface area contributed by atoms with Crippen LogP contribution in [0, 0.1) is 6.92 Å². The van der Waals surface area contributed by atoms with Crippen molar-refractivity contribution in [2.45, 2.75) is 17.8 Å². The number of piperazine rings is 1. The minimum atomic E-state index is 0.0561. The van der Waals surface area contributed by atoms with E-state index in [0.717, 1.165) is 41.0 Å². The molecule has 3 heterocycles. The average Bonchev–Trinajstić information content (AvgIpc) is 3.18. The molecule has 168 valence electrons. The molecule has 0 saturated carbocycles. The molecule has 1 fully saturated rings. The minimum absolute atomic E-state index is 0.0561. The van der Waals surface area contributed by atoms with Gasteiger partial charge in [-0.1, -0.05) is 41.6 Å². The second-order valence-electron chi connectivity index (χ2n) is 8.26. The number of hydrogen-bond donors (Lipinski definition) is 0. The molecule has 2 aromatic heterocycles. The predicted molar refractivity (Wildman–Crippen MR) is 132 cm³/mol. The lowest BCUT2D eigenvalue weighted by Gasteiger charge is -2.34. The molecule has 1 aliphatic heterocycles. The van der Waals surface area contributed by atoms with Crippen LogP contribution in [-0.4, -0.2) is 56.5 Å². The van der Waals surface area contributed by atoms with Crippen molar-refractivity contribution < 1.29 is 4.79 Å². The van der Waals surface area contributed by atoms with E-state index in [-0.39, 0.29) is 5.91 Å². The number of rotatable bonds is 5. The van der Waals surface area contributed by atoms with Gasteiger partial charge in [0.2, 0.25) is 5.95 Å². The van der Waals surface area contributed by atoms with Crippen LogP contribution in [0.15, 0.2) is 66.1 Å². The van der Waals surface area contributed by atoms with E-state index in [1.54, 1.807) is 24.2 Å². The van der Waals surface area contributed by atoms with Gasteiger partial charge >= 0.3 is 0 Å². The number of carbonyl (C=O) groups excluding carboxylic acids is 1. The summed E-state index contributed by atoms with van der Waals surface area (Å²) in [5.41, 5.74) is 5.12. The van der Waals surface area contributed by atoms with Gasteiger partial charge < -0.3 is 14.4 Å². The Balaban J connectivity index is 1.27. The Bertz CT molecular complexity index is 1260. The Kier molecular flexibility index (Phi) is 6.00. The largest absolute Gasteiger partial charge is 0.337 e. The number of fused-ring (bicyclic) bond motifs is 1. The summed E-state index contributed by atoms with van der Waals surface area (Å²) in [4.78, 5) is 30.6. The van der Waals surface area contributed by atoms with Crippen molar-refractivity contribution in [3.63, 3.8) is 0 Å². The zero-order valence-corrected chi connectivity index (χ0v) is 19.6. The van der Waals surface area contributed by atoms with E-state index in [1.807, 2.05) is 36.2 Å². The molecule has 1 saturated heterocycles. The van der Waals surface area contributed by atoms with Crippen molar-refractivity contribution in [3.8, 4) is 0 Å². The average molecular weight is 459 g/mol. The maximum atomic E-state index is 13.2. The number of nitrogens with zero attached hydrogens (tertiary/aromatic N) is 6. The highest BCUT2D eigenvalue weighted by Crippen LogP contribution is 2.27. The molecule has 0 unspecified atom stereocenters. The maximum Gasteiger partial charge on any atom is 0.254 e. The fourth-order valence-corrected chi connectivity index (χ4v) is 4.95. The van der Waals surface area contributed by atoms with Gasteiger partial charge in [0.15, 0.2) is 5.16 Å². The minimum Gasteiger partial charge on any atom is -0.337 e. The first-order valence-corrected chi connectivity index (χ1v) is 12.0. The van der Waals surface area contributed by atoms with Crippen molar-refractivity contribution >= 4 is 34.7 Å². The van der Waals surface area contributed by atoms with Gasteiger partial charge in [0.25, 0.3) is 5.91 Å². The number of carbonyl (C=O) groups is 1. The van der Waals surface area contributed by atoms with Crippen molar-refractivity contribution in [2.75, 3.05) is 31.1 Å². The molecule has 33 heavy (non-hydrogen) atoms. The number of benzene rings is 2. The Morgan fingerprint density at radius 3 is 2.45 bits per heavy atom. The first-order valence-electron chi connectivity index (χ1n) is 11.0. The zero-order chi connectivity index (χ0) is 22.8. The molecule has 1 amide bonds. The topological polar surface area (TPSA) is 67.2 Å². The lowest BCUT2D eigenvalue weighted by atomic mass is 10.1. The monoisotopic (exact) mass is 458 g/mol. The fraction of sp³-hybridized carbons (Fsp3) is 0.280. The third kappa shape index (κ3) is 4.57. The Labute approximate surface area is 197 Å². The zero-order valence-electron chi connectivity index (χ0n) is 18.8. The molecule has 2 aromatic carbocycles. The second-order valence-corrected chi connectivity index (χ2v) is 9.20. The standard InChI is InChI=1S/C25H26N6OS/c1-18-4-6-19(7-5-18)17-33-25-28-21-9-8-20(16-22(21)29(25)2)23(32)30-12-14-31(15-13-30)24-26-10-3-11-27-24/h3-11,16H,12-15,17H2,1-2H3. The quantitative estimate of drug-likeness (QED) is 0.422. The van der Waals surface area contributed by atoms with Gasteiger partial charge in [-0.2, -0.15) is 0 Å². The molecule has 1 aliphatic rings. The van der Waals surface area contributed by atoms with Gasteiger partial charge in [0, 0.05) is 56.9 Å². The summed E-state index contributed by atoms with van der Waals surface area (Å²) in [5.74, 6) is 1.63. The van der Waals surface area contributed by atoms with E-state index >= 15 is 0 Å². The fourth-order valence-electron chi connectivity index (χ4n) is 4.01. The molecule has 0 spiro atoms. The lowest BCUT2D eigenvalue weighted by molar-refractivity contribution is 0.0746. The van der Waals surface area contributed by atoms with Gasteiger partial charge in [0.1, 0.15) is 0 Å². The Hall–Kier alpha value is -3.39. The van der Waals surface area contributed by atoms with Crippen LogP contribution in [0.5, 0.6) is 0 Å². The SMILES string of the molecule is Cc1ccc(CSc2nc3ccc(C(=O)N4CCN(c5ncccn5)CC4)cc3n2C)cc1. The highest BCUT2D eigenvalue weighted by Gasteiger charge is 2.24. The number of thioether (sulfide) groups is 1. The molecule has 5 rings (SSSR count). The highest BCUT2D eigenvalue weighted by atomic mass is 32.2. The van der Waals surface area contributed by atoms with E-state index in [2.05, 4.69) is 50.6 Å². The number of anilines is 1. The summed E-state index contributed by atoms with van der Waals surface area (Å²) < 4.78 is 2.08. The van der Waals surface area contributed by atoms with Crippen LogP contribution in [0.2, 0.25) is 0 Å². The van der Waals surface area contributed by atoms with E-state index in [9.17, 15) is 4.79 Å². The number of hydrogen-bond acceptors (Lipinski definition) is 6. The maximum absolute atomic E-state index is 13.2. The van der Waals surface area contributed by atoms with Crippen LogP contribution in [0.4, 0.5) is 5.95 Å². The smallest absolute Gasteiger partial charge is 0.254 e. The van der Waals surface area contributed by atoms with Crippen LogP contribution in [0.3, 0.4) is 0 Å². The normalized spacial score (nSPS) is 14.1. The molecule has 0 bridgehead atoms. The molecule has 4 aromatic rings. The Morgan fingerprint density at radius 2 is 1.73 bits per heavy atom. The number of imidazole rings is 1. The molecule has 0 atom stereocenters. The summed E-state index contributed by atoms with van der Waals surface area (Å²) >= 11 is 1.71. The van der Waals surface area contributed by atoms with Crippen LogP contribution in [-0.2, 0) is 12.8 Å². The summed E-state index contributed by atoms with van der Waals surface area (Å²) in [6.45, 7) is 4.85. The van der Waals surface area contributed by atoms with Gasteiger partial charge in [-0.15, -0.1) is 0 Å². The molecule has 8 heteroatoms. The molecular formula is C25H26N6OS. The van der Waals surface area contributed by atoms with Gasteiger partial charge in [-0.25, -0.2) is 15.0 Å². The molecule has 0 aliphatic carbocycles. The van der Waals surface area contributed by atoms with Crippen molar-refractivity contribution in [3.05, 3.63) is 77.6 Å². The van der Waals surface area contributed by atoms with Crippen molar-refractivity contribution in [2.24, 2.45) is 7.05 Å². The third-order valence-electron chi connectivity index (χ3n) is 5.98. The lowest BCUT2D eigenvalue weighted by Crippen LogP contribution is -2.49. The first-order chi connectivity index (χ1) is 16.1. The third-order valence-corrected chi connectivity index (χ3v) is 7.08.